The monoisotopic (exact) mass is 433 g/mol. The van der Waals surface area contributed by atoms with Crippen LogP contribution in [-0.2, 0) is 14.8 Å². The van der Waals surface area contributed by atoms with Gasteiger partial charge in [0, 0.05) is 51.1 Å². The lowest BCUT2D eigenvalue weighted by molar-refractivity contribution is -0.0457. The number of sulfonamides is 1. The zero-order valence-electron chi connectivity index (χ0n) is 17.4. The highest BCUT2D eigenvalue weighted by molar-refractivity contribution is 7.89. The van der Waals surface area contributed by atoms with E-state index in [-0.39, 0.29) is 18.1 Å². The molecule has 0 aromatic heterocycles. The van der Waals surface area contributed by atoms with Gasteiger partial charge in [0.1, 0.15) is 18.1 Å². The quantitative estimate of drug-likeness (QED) is 0.725. The van der Waals surface area contributed by atoms with Crippen molar-refractivity contribution >= 4 is 15.7 Å². The molecule has 6 nitrogen and oxygen atoms in total. The number of piperazine rings is 1. The molecule has 8 heteroatoms. The van der Waals surface area contributed by atoms with Gasteiger partial charge in [-0.2, -0.15) is 4.31 Å². The van der Waals surface area contributed by atoms with E-state index in [0.29, 0.717) is 24.5 Å². The number of fused-ring (bicyclic) bond motifs is 1. The number of nitrogens with zero attached hydrogens (tertiary/aromatic N) is 3. The summed E-state index contributed by atoms with van der Waals surface area (Å²) < 4.78 is 47.6. The second-order valence-electron chi connectivity index (χ2n) is 7.72. The number of hydrogen-bond acceptors (Lipinski definition) is 5. The number of halogens is 1. The van der Waals surface area contributed by atoms with E-state index in [2.05, 4.69) is 9.80 Å². The number of benzene rings is 2. The average Bonchev–Trinajstić information content (AvgIpc) is 2.76. The fraction of sp³-hybridized carbons (Fsp3) is 0.455. The molecule has 4 rings (SSSR count). The van der Waals surface area contributed by atoms with Gasteiger partial charge in [-0.1, -0.05) is 25.1 Å². The van der Waals surface area contributed by atoms with Gasteiger partial charge in [-0.05, 0) is 36.8 Å². The Hall–Kier alpha value is -2.00. The van der Waals surface area contributed by atoms with Gasteiger partial charge in [-0.3, -0.25) is 4.90 Å². The Morgan fingerprint density at radius 3 is 2.33 bits per heavy atom. The van der Waals surface area contributed by atoms with Crippen LogP contribution in [0.1, 0.15) is 25.0 Å². The van der Waals surface area contributed by atoms with Crippen molar-refractivity contribution in [3.05, 3.63) is 59.9 Å². The molecule has 2 unspecified atom stereocenters. The summed E-state index contributed by atoms with van der Waals surface area (Å²) in [6.07, 6.45) is -0.0111. The maximum Gasteiger partial charge on any atom is 0.244 e. The highest BCUT2D eigenvalue weighted by atomic mass is 32.2. The topological polar surface area (TPSA) is 53.1 Å². The Morgan fingerprint density at radius 1 is 1.03 bits per heavy atom. The third-order valence-electron chi connectivity index (χ3n) is 5.96. The highest BCUT2D eigenvalue weighted by Crippen LogP contribution is 2.40. The first-order valence-corrected chi connectivity index (χ1v) is 11.8. The summed E-state index contributed by atoms with van der Waals surface area (Å²) in [5.74, 6) is -0.249. The summed E-state index contributed by atoms with van der Waals surface area (Å²) in [5.41, 5.74) is 1.70. The minimum absolute atomic E-state index is 0.249. The van der Waals surface area contributed by atoms with Crippen molar-refractivity contribution in [2.75, 3.05) is 44.7 Å². The predicted molar refractivity (Wildman–Crippen MR) is 114 cm³/mol. The number of methoxy groups -OCH3 is 1. The molecule has 0 bridgehead atoms. The molecule has 162 valence electrons. The summed E-state index contributed by atoms with van der Waals surface area (Å²) in [6.45, 7) is 5.29. The van der Waals surface area contributed by atoms with E-state index in [0.717, 1.165) is 30.8 Å². The first-order chi connectivity index (χ1) is 14.5. The van der Waals surface area contributed by atoms with Crippen molar-refractivity contribution in [2.45, 2.75) is 30.5 Å². The van der Waals surface area contributed by atoms with Crippen LogP contribution in [0.15, 0.2) is 53.4 Å². The first-order valence-electron chi connectivity index (χ1n) is 10.4. The van der Waals surface area contributed by atoms with E-state index in [4.69, 9.17) is 4.74 Å². The molecule has 2 aromatic carbocycles. The smallest absolute Gasteiger partial charge is 0.244 e. The van der Waals surface area contributed by atoms with Gasteiger partial charge in [0.2, 0.25) is 10.0 Å². The van der Waals surface area contributed by atoms with Crippen LogP contribution in [-0.4, -0.2) is 63.6 Å². The third-order valence-corrected chi connectivity index (χ3v) is 7.90. The molecule has 2 aliphatic heterocycles. The molecule has 0 N–H and O–H groups in total. The van der Waals surface area contributed by atoms with Crippen molar-refractivity contribution in [1.82, 2.24) is 9.21 Å². The second-order valence-corrected chi connectivity index (χ2v) is 9.58. The molecule has 1 fully saturated rings. The Labute approximate surface area is 177 Å². The van der Waals surface area contributed by atoms with Crippen LogP contribution < -0.4 is 4.90 Å². The van der Waals surface area contributed by atoms with Crippen LogP contribution in [0.25, 0.3) is 0 Å². The molecule has 0 aliphatic carbocycles. The van der Waals surface area contributed by atoms with E-state index in [9.17, 15) is 12.8 Å². The van der Waals surface area contributed by atoms with Crippen molar-refractivity contribution in [3.63, 3.8) is 0 Å². The van der Waals surface area contributed by atoms with E-state index in [1.807, 2.05) is 19.1 Å². The van der Waals surface area contributed by atoms with E-state index < -0.39 is 10.0 Å². The Balaban J connectivity index is 1.62. The molecular formula is C22H28FN3O3S. The van der Waals surface area contributed by atoms with Gasteiger partial charge >= 0.3 is 0 Å². The Kier molecular flexibility index (Phi) is 6.11. The average molecular weight is 434 g/mol. The zero-order chi connectivity index (χ0) is 21.3. The van der Waals surface area contributed by atoms with Gasteiger partial charge in [0.25, 0.3) is 0 Å². The van der Waals surface area contributed by atoms with Gasteiger partial charge in [0.05, 0.1) is 4.90 Å². The minimum Gasteiger partial charge on any atom is -0.374 e. The molecular weight excluding hydrogens is 405 g/mol. The second kappa shape index (κ2) is 8.63. The molecule has 0 amide bonds. The minimum atomic E-state index is -3.60. The van der Waals surface area contributed by atoms with E-state index >= 15 is 0 Å². The SMILES string of the molecule is CCCN1C(N2CCN(c3ccc(F)cc3)CC2)C(OC)c2ccccc2S1(=O)=O. The molecule has 0 radical (unpaired) electrons. The standard InChI is InChI=1S/C22H28FN3O3S/c1-3-12-26-22(21(29-2)19-6-4-5-7-20(19)30(26,27)28)25-15-13-24(14-16-25)18-10-8-17(23)9-11-18/h4-11,21-22H,3,12-16H2,1-2H3. The predicted octanol–water partition coefficient (Wildman–Crippen LogP) is 3.08. The molecule has 2 aliphatic rings. The largest absolute Gasteiger partial charge is 0.374 e. The summed E-state index contributed by atoms with van der Waals surface area (Å²) in [4.78, 5) is 4.75. The van der Waals surface area contributed by atoms with E-state index in [1.165, 1.54) is 12.1 Å². The lowest BCUT2D eigenvalue weighted by Crippen LogP contribution is -2.61. The Morgan fingerprint density at radius 2 is 1.70 bits per heavy atom. The lowest BCUT2D eigenvalue weighted by atomic mass is 10.0. The lowest BCUT2D eigenvalue weighted by Gasteiger charge is -2.48. The van der Waals surface area contributed by atoms with Crippen LogP contribution in [0.5, 0.6) is 0 Å². The first kappa shape index (κ1) is 21.2. The summed E-state index contributed by atoms with van der Waals surface area (Å²) >= 11 is 0. The third kappa shape index (κ3) is 3.73. The van der Waals surface area contributed by atoms with Crippen LogP contribution >= 0.6 is 0 Å². The van der Waals surface area contributed by atoms with Gasteiger partial charge in [0.15, 0.2) is 0 Å². The van der Waals surface area contributed by atoms with Crippen LogP contribution in [0.2, 0.25) is 0 Å². The number of ether oxygens (including phenoxy) is 1. The molecule has 2 aromatic rings. The number of hydrogen-bond donors (Lipinski definition) is 0. The van der Waals surface area contributed by atoms with Crippen molar-refractivity contribution < 1.29 is 17.5 Å². The van der Waals surface area contributed by atoms with Crippen LogP contribution in [0.4, 0.5) is 10.1 Å². The van der Waals surface area contributed by atoms with Crippen LogP contribution in [0, 0.1) is 5.82 Å². The zero-order valence-corrected chi connectivity index (χ0v) is 18.2. The molecule has 0 spiro atoms. The van der Waals surface area contributed by atoms with E-state index in [1.54, 1.807) is 35.7 Å². The van der Waals surface area contributed by atoms with Crippen molar-refractivity contribution in [2.24, 2.45) is 0 Å². The molecule has 0 saturated carbocycles. The van der Waals surface area contributed by atoms with Crippen molar-refractivity contribution in [3.8, 4) is 0 Å². The molecule has 2 atom stereocenters. The normalized spacial score (nSPS) is 24.6. The maximum absolute atomic E-state index is 13.4. The maximum atomic E-state index is 13.4. The number of rotatable bonds is 5. The molecule has 30 heavy (non-hydrogen) atoms. The van der Waals surface area contributed by atoms with Gasteiger partial charge < -0.3 is 9.64 Å². The highest BCUT2D eigenvalue weighted by Gasteiger charge is 2.47. The number of anilines is 1. The molecule has 2 heterocycles. The van der Waals surface area contributed by atoms with Crippen LogP contribution in [0.3, 0.4) is 0 Å². The Bertz CT molecular complexity index is 975. The summed E-state index contributed by atoms with van der Waals surface area (Å²) in [6, 6.07) is 13.6. The summed E-state index contributed by atoms with van der Waals surface area (Å²) in [7, 11) is -1.96. The fourth-order valence-electron chi connectivity index (χ4n) is 4.52. The summed E-state index contributed by atoms with van der Waals surface area (Å²) in [5, 5.41) is 0. The fourth-order valence-corrected chi connectivity index (χ4v) is 6.46. The van der Waals surface area contributed by atoms with Crippen molar-refractivity contribution in [1.29, 1.82) is 0 Å². The molecule has 1 saturated heterocycles. The van der Waals surface area contributed by atoms with Gasteiger partial charge in [-0.25, -0.2) is 12.8 Å². The van der Waals surface area contributed by atoms with Gasteiger partial charge in [-0.15, -0.1) is 0 Å².